The third kappa shape index (κ3) is 4.44. The van der Waals surface area contributed by atoms with Gasteiger partial charge in [0.2, 0.25) is 0 Å². The Hall–Kier alpha value is -1.88. The number of thiazole rings is 1. The summed E-state index contributed by atoms with van der Waals surface area (Å²) in [6.45, 7) is 1.36. The molecule has 1 aromatic heterocycles. The van der Waals surface area contributed by atoms with Crippen LogP contribution in [0.4, 0.5) is 13.2 Å². The summed E-state index contributed by atoms with van der Waals surface area (Å²) in [6.07, 6.45) is -3.77. The van der Waals surface area contributed by atoms with Crippen LogP contribution in [0.3, 0.4) is 0 Å². The van der Waals surface area contributed by atoms with E-state index in [1.807, 2.05) is 0 Å². The molecular weight excluding hydrogens is 406 g/mol. The van der Waals surface area contributed by atoms with E-state index in [0.29, 0.717) is 21.3 Å². The summed E-state index contributed by atoms with van der Waals surface area (Å²) in [5.74, 6) is -1.12. The van der Waals surface area contributed by atoms with Crippen molar-refractivity contribution in [2.24, 2.45) is 4.99 Å². The average Bonchev–Trinajstić information content (AvgIpc) is 3.05. The molecule has 0 amide bonds. The zero-order chi connectivity index (χ0) is 19.5. The Bertz CT molecular complexity index is 911. The van der Waals surface area contributed by atoms with Crippen molar-refractivity contribution in [3.8, 4) is 17.3 Å². The van der Waals surface area contributed by atoms with Gasteiger partial charge in [0.15, 0.2) is 0 Å². The largest absolute Gasteiger partial charge is 0.414 e. The maximum atomic E-state index is 13.5. The fraction of sp³-hybridized carbons (Fsp3) is 0.235. The summed E-state index contributed by atoms with van der Waals surface area (Å²) in [5, 5.41) is 11.7. The van der Waals surface area contributed by atoms with Gasteiger partial charge in [-0.1, -0.05) is 36.2 Å². The van der Waals surface area contributed by atoms with Crippen LogP contribution in [0.5, 0.6) is 0 Å². The van der Waals surface area contributed by atoms with E-state index >= 15 is 0 Å². The van der Waals surface area contributed by atoms with Crippen LogP contribution in [0, 0.1) is 11.3 Å². The number of hydrogen-bond acceptors (Lipinski definition) is 4. The zero-order valence-corrected chi connectivity index (χ0v) is 15.9. The molecule has 3 nitrogen and oxygen atoms in total. The Kier molecular flexibility index (Phi) is 6.45. The predicted molar refractivity (Wildman–Crippen MR) is 99.1 cm³/mol. The molecule has 1 unspecified atom stereocenters. The molecule has 2 aromatic rings. The highest BCUT2D eigenvalue weighted by Gasteiger charge is 2.41. The van der Waals surface area contributed by atoms with E-state index in [4.69, 9.17) is 28.5 Å². The van der Waals surface area contributed by atoms with Crippen molar-refractivity contribution in [3.63, 3.8) is 0 Å². The first-order valence-corrected chi connectivity index (χ1v) is 8.87. The summed E-state index contributed by atoms with van der Waals surface area (Å²) in [5.41, 5.74) is -0.374. The molecule has 0 fully saturated rings. The van der Waals surface area contributed by atoms with Crippen LogP contribution < -0.4 is 0 Å². The van der Waals surface area contributed by atoms with Crippen LogP contribution in [-0.4, -0.2) is 24.4 Å². The van der Waals surface area contributed by atoms with Crippen molar-refractivity contribution in [1.82, 2.24) is 4.98 Å². The number of rotatable bonds is 4. The van der Waals surface area contributed by atoms with Crippen LogP contribution in [0.25, 0.3) is 11.3 Å². The number of benzene rings is 1. The summed E-state index contributed by atoms with van der Waals surface area (Å²) in [6, 6.07) is 6.44. The number of aromatic nitrogens is 1. The van der Waals surface area contributed by atoms with Crippen LogP contribution in [-0.2, 0) is 0 Å². The van der Waals surface area contributed by atoms with E-state index in [2.05, 4.69) is 9.98 Å². The van der Waals surface area contributed by atoms with Crippen molar-refractivity contribution in [1.29, 1.82) is 5.26 Å². The number of allylic oxidation sites excluding steroid dienone is 2. The molecule has 0 radical (unpaired) electrons. The van der Waals surface area contributed by atoms with Gasteiger partial charge in [-0.15, -0.1) is 11.3 Å². The van der Waals surface area contributed by atoms with E-state index in [0.717, 1.165) is 17.6 Å². The highest BCUT2D eigenvalue weighted by Crippen LogP contribution is 2.40. The normalized spacial score (nSPS) is 14.2. The molecule has 0 N–H and O–H groups in total. The molecule has 0 saturated heterocycles. The van der Waals surface area contributed by atoms with Crippen LogP contribution in [0.2, 0.25) is 10.0 Å². The maximum absolute atomic E-state index is 13.5. The third-order valence-corrected chi connectivity index (χ3v) is 5.28. The van der Waals surface area contributed by atoms with Gasteiger partial charge in [-0.2, -0.15) is 18.4 Å². The van der Waals surface area contributed by atoms with Crippen LogP contribution in [0.15, 0.2) is 39.7 Å². The molecule has 1 aromatic carbocycles. The SMILES string of the molecule is CN=C/C(C#N)=C(\C(C)c1nc(-c2ccc(Cl)c(Cl)c2)cs1)C(F)(F)F. The minimum Gasteiger partial charge on any atom is -0.295 e. The van der Waals surface area contributed by atoms with Gasteiger partial charge >= 0.3 is 6.18 Å². The Morgan fingerprint density at radius 3 is 2.58 bits per heavy atom. The summed E-state index contributed by atoms with van der Waals surface area (Å²) < 4.78 is 40.6. The molecule has 136 valence electrons. The first-order chi connectivity index (χ1) is 12.2. The lowest BCUT2D eigenvalue weighted by atomic mass is 9.96. The van der Waals surface area contributed by atoms with Crippen molar-refractivity contribution >= 4 is 40.8 Å². The van der Waals surface area contributed by atoms with Crippen molar-refractivity contribution in [2.45, 2.75) is 19.0 Å². The Morgan fingerprint density at radius 1 is 1.35 bits per heavy atom. The van der Waals surface area contributed by atoms with Crippen molar-refractivity contribution in [3.05, 3.63) is 49.8 Å². The highest BCUT2D eigenvalue weighted by molar-refractivity contribution is 7.10. The van der Waals surface area contributed by atoms with Gasteiger partial charge in [-0.25, -0.2) is 4.98 Å². The molecule has 1 atom stereocenters. The second-order valence-corrected chi connectivity index (χ2v) is 6.95. The molecule has 1 heterocycles. The molecule has 26 heavy (non-hydrogen) atoms. The van der Waals surface area contributed by atoms with Gasteiger partial charge in [0.05, 0.1) is 26.9 Å². The molecule has 0 spiro atoms. The molecule has 0 aliphatic rings. The first kappa shape index (κ1) is 20.4. The lowest BCUT2D eigenvalue weighted by Gasteiger charge is -2.18. The third-order valence-electron chi connectivity index (χ3n) is 3.51. The molecule has 0 bridgehead atoms. The summed E-state index contributed by atoms with van der Waals surface area (Å²) >= 11 is 12.9. The van der Waals surface area contributed by atoms with Gasteiger partial charge in [-0.05, 0) is 12.1 Å². The van der Waals surface area contributed by atoms with Crippen molar-refractivity contribution in [2.75, 3.05) is 7.05 Å². The molecular formula is C17H12Cl2F3N3S. The fourth-order valence-electron chi connectivity index (χ4n) is 2.32. The molecule has 2 rings (SSSR count). The number of alkyl halides is 3. The van der Waals surface area contributed by atoms with Gasteiger partial charge in [0.25, 0.3) is 0 Å². The predicted octanol–water partition coefficient (Wildman–Crippen LogP) is 6.30. The lowest BCUT2D eigenvalue weighted by Crippen LogP contribution is -2.20. The minimum absolute atomic E-state index is 0.232. The second kappa shape index (κ2) is 8.21. The molecule has 0 saturated carbocycles. The van der Waals surface area contributed by atoms with E-state index in [-0.39, 0.29) is 5.01 Å². The van der Waals surface area contributed by atoms with Crippen LogP contribution in [0.1, 0.15) is 17.8 Å². The zero-order valence-electron chi connectivity index (χ0n) is 13.6. The minimum atomic E-state index is -4.68. The number of halogens is 5. The highest BCUT2D eigenvalue weighted by atomic mass is 35.5. The summed E-state index contributed by atoms with van der Waals surface area (Å²) in [7, 11) is 1.31. The smallest absolute Gasteiger partial charge is 0.295 e. The van der Waals surface area contributed by atoms with E-state index in [9.17, 15) is 13.2 Å². The Balaban J connectivity index is 2.49. The number of nitriles is 1. The topological polar surface area (TPSA) is 49.0 Å². The lowest BCUT2D eigenvalue weighted by molar-refractivity contribution is -0.0956. The standard InChI is InChI=1S/C17H12Cl2F3N3S/c1-9(15(17(20,21)22)11(6-23)7-24-2)16-25-14(8-26-16)10-3-4-12(18)13(19)5-10/h3-5,7-9H,1-2H3/b15-11+,24-7?. The fourth-order valence-corrected chi connectivity index (χ4v) is 3.51. The van der Waals surface area contributed by atoms with E-state index in [1.165, 1.54) is 14.0 Å². The first-order valence-electron chi connectivity index (χ1n) is 7.23. The van der Waals surface area contributed by atoms with E-state index in [1.54, 1.807) is 29.6 Å². The Morgan fingerprint density at radius 2 is 2.04 bits per heavy atom. The van der Waals surface area contributed by atoms with Gasteiger partial charge < -0.3 is 0 Å². The Labute approximate surface area is 162 Å². The number of aliphatic imine (C=N–C) groups is 1. The monoisotopic (exact) mass is 417 g/mol. The molecule has 9 heteroatoms. The molecule has 0 aliphatic heterocycles. The maximum Gasteiger partial charge on any atom is 0.414 e. The number of hydrogen-bond donors (Lipinski definition) is 0. The van der Waals surface area contributed by atoms with Crippen LogP contribution >= 0.6 is 34.5 Å². The van der Waals surface area contributed by atoms with E-state index < -0.39 is 23.2 Å². The summed E-state index contributed by atoms with van der Waals surface area (Å²) in [4.78, 5) is 7.83. The number of nitrogens with zero attached hydrogens (tertiary/aromatic N) is 3. The second-order valence-electron chi connectivity index (χ2n) is 5.25. The van der Waals surface area contributed by atoms with Gasteiger partial charge in [0.1, 0.15) is 11.1 Å². The van der Waals surface area contributed by atoms with Gasteiger partial charge in [-0.3, -0.25) is 4.99 Å². The quantitative estimate of drug-likeness (QED) is 0.432. The molecule has 0 aliphatic carbocycles. The van der Waals surface area contributed by atoms with Crippen molar-refractivity contribution < 1.29 is 13.2 Å². The van der Waals surface area contributed by atoms with Gasteiger partial charge in [0, 0.05) is 30.1 Å². The average molecular weight is 418 g/mol.